The van der Waals surface area contributed by atoms with Crippen molar-refractivity contribution < 1.29 is 9.59 Å². The summed E-state index contributed by atoms with van der Waals surface area (Å²) in [5.41, 5.74) is 3.80. The molecule has 1 saturated heterocycles. The second-order valence-electron chi connectivity index (χ2n) is 7.62. The lowest BCUT2D eigenvalue weighted by Gasteiger charge is -2.35. The highest BCUT2D eigenvalue weighted by molar-refractivity contribution is 5.96. The number of nitrogens with one attached hydrogen (secondary N) is 2. The second kappa shape index (κ2) is 9.02. The minimum atomic E-state index is -0.286. The first-order valence-corrected chi connectivity index (χ1v) is 9.92. The van der Waals surface area contributed by atoms with Gasteiger partial charge in [-0.25, -0.2) is 0 Å². The molecule has 3 rings (SSSR count). The number of hydrogen-bond acceptors (Lipinski definition) is 3. The zero-order valence-electron chi connectivity index (χ0n) is 16.9. The molecule has 1 heterocycles. The monoisotopic (exact) mass is 379 g/mol. The first-order chi connectivity index (χ1) is 13.5. The molecule has 28 heavy (non-hydrogen) atoms. The van der Waals surface area contributed by atoms with Gasteiger partial charge in [0.2, 0.25) is 11.8 Å². The number of carbonyl (C=O) groups is 2. The molecule has 0 saturated carbocycles. The Morgan fingerprint density at radius 2 is 1.68 bits per heavy atom. The molecule has 0 aromatic heterocycles. The van der Waals surface area contributed by atoms with Crippen molar-refractivity contribution >= 4 is 23.2 Å². The summed E-state index contributed by atoms with van der Waals surface area (Å²) in [6.07, 6.45) is 1.76. The molecular formula is C23H29N3O2. The number of benzene rings is 2. The predicted molar refractivity (Wildman–Crippen MR) is 113 cm³/mol. The van der Waals surface area contributed by atoms with Gasteiger partial charge >= 0.3 is 0 Å². The van der Waals surface area contributed by atoms with Gasteiger partial charge < -0.3 is 10.6 Å². The molecule has 5 nitrogen and oxygen atoms in total. The number of carbonyl (C=O) groups excluding carboxylic acids is 2. The number of para-hydroxylation sites is 2. The van der Waals surface area contributed by atoms with Crippen molar-refractivity contribution in [3.05, 3.63) is 59.7 Å². The van der Waals surface area contributed by atoms with Crippen LogP contribution in [-0.4, -0.2) is 35.8 Å². The number of aryl methyl sites for hydroxylation is 2. The highest BCUT2D eigenvalue weighted by Crippen LogP contribution is 2.23. The Morgan fingerprint density at radius 3 is 2.36 bits per heavy atom. The summed E-state index contributed by atoms with van der Waals surface area (Å²) < 4.78 is 0. The topological polar surface area (TPSA) is 61.4 Å². The van der Waals surface area contributed by atoms with Gasteiger partial charge in [0.05, 0.1) is 12.0 Å². The molecule has 1 fully saturated rings. The second-order valence-corrected chi connectivity index (χ2v) is 7.62. The smallest absolute Gasteiger partial charge is 0.241 e. The number of nitrogens with zero attached hydrogens (tertiary/aromatic N) is 1. The molecule has 0 bridgehead atoms. The van der Waals surface area contributed by atoms with E-state index in [0.717, 1.165) is 41.9 Å². The summed E-state index contributed by atoms with van der Waals surface area (Å²) in [6.45, 7) is 7.34. The molecule has 1 aliphatic rings. The highest BCUT2D eigenvalue weighted by atomic mass is 16.2. The Labute approximate surface area is 167 Å². The van der Waals surface area contributed by atoms with E-state index in [2.05, 4.69) is 15.5 Å². The minimum absolute atomic E-state index is 0.0262. The van der Waals surface area contributed by atoms with Crippen molar-refractivity contribution in [1.82, 2.24) is 4.90 Å². The van der Waals surface area contributed by atoms with Gasteiger partial charge in [-0.1, -0.05) is 36.4 Å². The molecule has 2 N–H and O–H groups in total. The largest absolute Gasteiger partial charge is 0.326 e. The Balaban J connectivity index is 1.61. The third-order valence-electron chi connectivity index (χ3n) is 5.52. The van der Waals surface area contributed by atoms with E-state index in [-0.39, 0.29) is 23.8 Å². The van der Waals surface area contributed by atoms with Crippen LogP contribution in [0.4, 0.5) is 11.4 Å². The van der Waals surface area contributed by atoms with E-state index in [1.54, 1.807) is 0 Å². The van der Waals surface area contributed by atoms with E-state index in [1.807, 2.05) is 69.3 Å². The van der Waals surface area contributed by atoms with Crippen LogP contribution in [0.5, 0.6) is 0 Å². The van der Waals surface area contributed by atoms with Crippen molar-refractivity contribution in [3.8, 4) is 0 Å². The molecule has 2 atom stereocenters. The lowest BCUT2D eigenvalue weighted by atomic mass is 9.95. The number of likely N-dealkylation sites (tertiary alicyclic amines) is 1. The summed E-state index contributed by atoms with van der Waals surface area (Å²) in [4.78, 5) is 27.6. The van der Waals surface area contributed by atoms with Gasteiger partial charge in [-0.15, -0.1) is 0 Å². The quantitative estimate of drug-likeness (QED) is 0.826. The van der Waals surface area contributed by atoms with Crippen LogP contribution in [0, 0.1) is 19.8 Å². The van der Waals surface area contributed by atoms with Crippen LogP contribution in [0.25, 0.3) is 0 Å². The summed E-state index contributed by atoms with van der Waals surface area (Å²) >= 11 is 0. The Hall–Kier alpha value is -2.66. The third kappa shape index (κ3) is 4.78. The third-order valence-corrected chi connectivity index (χ3v) is 5.52. The van der Waals surface area contributed by atoms with Crippen LogP contribution >= 0.6 is 0 Å². The van der Waals surface area contributed by atoms with E-state index >= 15 is 0 Å². The van der Waals surface area contributed by atoms with Crippen molar-refractivity contribution in [2.75, 3.05) is 23.7 Å². The van der Waals surface area contributed by atoms with Crippen molar-refractivity contribution in [2.45, 2.75) is 39.7 Å². The normalized spacial score (nSPS) is 18.3. The van der Waals surface area contributed by atoms with Crippen LogP contribution in [-0.2, 0) is 9.59 Å². The van der Waals surface area contributed by atoms with Gasteiger partial charge in [0.15, 0.2) is 0 Å². The van der Waals surface area contributed by atoms with E-state index in [0.29, 0.717) is 6.54 Å². The Bertz CT molecular complexity index is 815. The molecule has 2 aromatic rings. The standard InChI is InChI=1S/C23H29N3O2/c1-16-9-7-10-17(2)21(16)25-22(27)18(3)26-14-8-11-19(15-26)23(28)24-20-12-5-4-6-13-20/h4-7,9-10,12-13,18-19H,8,11,14-15H2,1-3H3,(H,24,28)(H,25,27)/t18-,19+/m0/s1. The molecule has 0 aliphatic carbocycles. The molecule has 0 radical (unpaired) electrons. The molecule has 0 spiro atoms. The number of anilines is 2. The predicted octanol–water partition coefficient (Wildman–Crippen LogP) is 3.98. The van der Waals surface area contributed by atoms with E-state index in [1.165, 1.54) is 0 Å². The molecule has 2 amide bonds. The van der Waals surface area contributed by atoms with Gasteiger partial charge in [-0.3, -0.25) is 14.5 Å². The van der Waals surface area contributed by atoms with Crippen molar-refractivity contribution in [1.29, 1.82) is 0 Å². The zero-order valence-corrected chi connectivity index (χ0v) is 16.9. The van der Waals surface area contributed by atoms with Crippen LogP contribution < -0.4 is 10.6 Å². The highest BCUT2D eigenvalue weighted by Gasteiger charge is 2.31. The van der Waals surface area contributed by atoms with Crippen LogP contribution in [0.3, 0.4) is 0 Å². The fraction of sp³-hybridized carbons (Fsp3) is 0.391. The lowest BCUT2D eigenvalue weighted by molar-refractivity contribution is -0.125. The van der Waals surface area contributed by atoms with Gasteiger partial charge in [-0.05, 0) is 63.4 Å². The Morgan fingerprint density at radius 1 is 1.00 bits per heavy atom. The molecule has 148 valence electrons. The maximum absolute atomic E-state index is 12.8. The maximum atomic E-state index is 12.8. The SMILES string of the molecule is Cc1cccc(C)c1NC(=O)[C@H](C)N1CCC[C@@H](C(=O)Nc2ccccc2)C1. The molecule has 1 aliphatic heterocycles. The van der Waals surface area contributed by atoms with E-state index in [4.69, 9.17) is 0 Å². The fourth-order valence-corrected chi connectivity index (χ4v) is 3.74. The van der Waals surface area contributed by atoms with Gasteiger partial charge in [0.1, 0.15) is 0 Å². The summed E-state index contributed by atoms with van der Waals surface area (Å²) in [6, 6.07) is 15.2. The molecule has 2 aromatic carbocycles. The van der Waals surface area contributed by atoms with Crippen LogP contribution in [0.1, 0.15) is 30.9 Å². The minimum Gasteiger partial charge on any atom is -0.326 e. The first-order valence-electron chi connectivity index (χ1n) is 9.92. The average molecular weight is 380 g/mol. The van der Waals surface area contributed by atoms with Crippen LogP contribution in [0.2, 0.25) is 0 Å². The summed E-state index contributed by atoms with van der Waals surface area (Å²) in [5, 5.41) is 6.07. The van der Waals surface area contributed by atoms with Gasteiger partial charge in [0.25, 0.3) is 0 Å². The number of piperidine rings is 1. The van der Waals surface area contributed by atoms with Gasteiger partial charge in [0, 0.05) is 17.9 Å². The molecular weight excluding hydrogens is 350 g/mol. The van der Waals surface area contributed by atoms with E-state index < -0.39 is 0 Å². The van der Waals surface area contributed by atoms with Gasteiger partial charge in [-0.2, -0.15) is 0 Å². The van der Waals surface area contributed by atoms with Crippen molar-refractivity contribution in [2.24, 2.45) is 5.92 Å². The number of hydrogen-bond donors (Lipinski definition) is 2. The fourth-order valence-electron chi connectivity index (χ4n) is 3.74. The zero-order chi connectivity index (χ0) is 20.1. The first kappa shape index (κ1) is 20.1. The summed E-state index contributed by atoms with van der Waals surface area (Å²) in [5.74, 6) is -0.107. The number of amides is 2. The van der Waals surface area contributed by atoms with Crippen LogP contribution in [0.15, 0.2) is 48.5 Å². The average Bonchev–Trinajstić information content (AvgIpc) is 2.71. The summed E-state index contributed by atoms with van der Waals surface area (Å²) in [7, 11) is 0. The number of rotatable bonds is 5. The lowest BCUT2D eigenvalue weighted by Crippen LogP contribution is -2.49. The Kier molecular flexibility index (Phi) is 6.47. The van der Waals surface area contributed by atoms with E-state index in [9.17, 15) is 9.59 Å². The molecule has 0 unspecified atom stereocenters. The molecule has 5 heteroatoms. The van der Waals surface area contributed by atoms with Crippen molar-refractivity contribution in [3.63, 3.8) is 0 Å². The maximum Gasteiger partial charge on any atom is 0.241 e.